The molecule has 0 aliphatic carbocycles. The number of piperidine rings is 1. The van der Waals surface area contributed by atoms with E-state index in [0.29, 0.717) is 13.1 Å². The molecular weight excluding hydrogens is 336 g/mol. The number of anilines is 1. The molecule has 3 rings (SSSR count). The lowest BCUT2D eigenvalue weighted by atomic mass is 9.94. The van der Waals surface area contributed by atoms with E-state index in [9.17, 15) is 9.59 Å². The largest absolute Gasteiger partial charge is 0.451 e. The molecule has 1 aliphatic heterocycles. The summed E-state index contributed by atoms with van der Waals surface area (Å²) in [6.45, 7) is 1.41. The molecule has 0 unspecified atom stereocenters. The zero-order valence-electron chi connectivity index (χ0n) is 14.6. The summed E-state index contributed by atoms with van der Waals surface area (Å²) in [5.41, 5.74) is 7.51. The Hall–Kier alpha value is -3.03. The lowest BCUT2D eigenvalue weighted by Crippen LogP contribution is -2.38. The Morgan fingerprint density at radius 1 is 1.19 bits per heavy atom. The van der Waals surface area contributed by atoms with Crippen molar-refractivity contribution in [1.29, 1.82) is 0 Å². The molecule has 1 saturated heterocycles. The maximum Gasteiger partial charge on any atom is 0.436 e. The van der Waals surface area contributed by atoms with Gasteiger partial charge in [-0.3, -0.25) is 0 Å². The van der Waals surface area contributed by atoms with Gasteiger partial charge in [-0.15, -0.1) is 4.68 Å². The maximum absolute atomic E-state index is 12.2. The van der Waals surface area contributed by atoms with Crippen LogP contribution in [-0.2, 0) is 16.1 Å². The van der Waals surface area contributed by atoms with Crippen molar-refractivity contribution in [3.63, 3.8) is 0 Å². The molecule has 138 valence electrons. The average Bonchev–Trinajstić information content (AvgIpc) is 3.08. The highest BCUT2D eigenvalue weighted by Gasteiger charge is 2.27. The highest BCUT2D eigenvalue weighted by Crippen LogP contribution is 2.28. The second-order valence-electron chi connectivity index (χ2n) is 6.18. The first kappa shape index (κ1) is 17.8. The molecule has 1 aromatic heterocycles. The zero-order chi connectivity index (χ0) is 18.5. The number of nitrogen functional groups attached to an aromatic ring is 1. The number of carbonyl (C=O) groups excluding carboxylic acids is 2. The summed E-state index contributed by atoms with van der Waals surface area (Å²) in [5, 5.41) is 4.23. The minimum Gasteiger partial charge on any atom is -0.451 e. The van der Waals surface area contributed by atoms with E-state index in [0.717, 1.165) is 28.8 Å². The van der Waals surface area contributed by atoms with Crippen molar-refractivity contribution in [2.24, 2.45) is 0 Å². The number of aromatic nitrogens is 2. The number of nitrogens with zero attached hydrogens (tertiary/aromatic N) is 3. The fraction of sp³-hybridized carbons (Fsp3) is 0.389. The Morgan fingerprint density at radius 3 is 2.54 bits per heavy atom. The van der Waals surface area contributed by atoms with Gasteiger partial charge in [0.05, 0.1) is 12.8 Å². The second-order valence-corrected chi connectivity index (χ2v) is 6.18. The molecule has 8 nitrogen and oxygen atoms in total. The number of hydrogen-bond donors (Lipinski definition) is 1. The number of rotatable bonds is 3. The lowest BCUT2D eigenvalue weighted by molar-refractivity contribution is 0.0868. The normalized spacial score (nSPS) is 14.9. The van der Waals surface area contributed by atoms with Gasteiger partial charge >= 0.3 is 12.2 Å². The van der Waals surface area contributed by atoms with Crippen LogP contribution in [0.15, 0.2) is 36.4 Å². The van der Waals surface area contributed by atoms with Crippen LogP contribution in [-0.4, -0.2) is 47.1 Å². The van der Waals surface area contributed by atoms with E-state index < -0.39 is 6.09 Å². The van der Waals surface area contributed by atoms with Crippen LogP contribution in [0, 0.1) is 0 Å². The third-order valence-corrected chi connectivity index (χ3v) is 4.48. The van der Waals surface area contributed by atoms with Gasteiger partial charge < -0.3 is 20.1 Å². The Kier molecular flexibility index (Phi) is 5.40. The van der Waals surface area contributed by atoms with Crippen LogP contribution in [0.1, 0.15) is 30.0 Å². The molecule has 2 N–H and O–H groups in total. The molecule has 1 aromatic carbocycles. The summed E-state index contributed by atoms with van der Waals surface area (Å²) in [5.74, 6) is 0.387. The maximum atomic E-state index is 12.2. The molecule has 8 heteroatoms. The molecular formula is C18H22N4O4. The molecule has 1 fully saturated rings. The number of benzene rings is 1. The number of nitrogens with two attached hydrogens (primary N) is 1. The predicted molar refractivity (Wildman–Crippen MR) is 94.6 cm³/mol. The molecule has 0 atom stereocenters. The molecule has 2 aromatic rings. The minimum absolute atomic E-state index is 0.140. The van der Waals surface area contributed by atoms with E-state index in [2.05, 4.69) is 9.84 Å². The number of amides is 1. The molecule has 0 spiro atoms. The van der Waals surface area contributed by atoms with Gasteiger partial charge in [0.1, 0.15) is 12.4 Å². The molecule has 0 saturated carbocycles. The number of carbonyl (C=O) groups is 2. The second kappa shape index (κ2) is 7.90. The van der Waals surface area contributed by atoms with Crippen LogP contribution < -0.4 is 5.73 Å². The highest BCUT2D eigenvalue weighted by atomic mass is 16.6. The van der Waals surface area contributed by atoms with Gasteiger partial charge in [0.15, 0.2) is 0 Å². The third-order valence-electron chi connectivity index (χ3n) is 4.48. The molecule has 0 radical (unpaired) electrons. The quantitative estimate of drug-likeness (QED) is 0.905. The van der Waals surface area contributed by atoms with Gasteiger partial charge in [0, 0.05) is 25.1 Å². The first-order chi connectivity index (χ1) is 12.6. The average molecular weight is 358 g/mol. The Labute approximate surface area is 151 Å². The van der Waals surface area contributed by atoms with Crippen molar-refractivity contribution < 1.29 is 19.1 Å². The minimum atomic E-state index is -0.615. The van der Waals surface area contributed by atoms with Crippen molar-refractivity contribution in [3.8, 4) is 0 Å². The van der Waals surface area contributed by atoms with E-state index in [-0.39, 0.29) is 24.4 Å². The van der Waals surface area contributed by atoms with Crippen LogP contribution in [0.5, 0.6) is 0 Å². The van der Waals surface area contributed by atoms with Crippen molar-refractivity contribution in [3.05, 3.63) is 47.7 Å². The highest BCUT2D eigenvalue weighted by molar-refractivity contribution is 5.73. The summed E-state index contributed by atoms with van der Waals surface area (Å²) >= 11 is 0. The Balaban J connectivity index is 1.52. The Bertz CT molecular complexity index is 767. The van der Waals surface area contributed by atoms with Gasteiger partial charge in [0.25, 0.3) is 0 Å². The van der Waals surface area contributed by atoms with E-state index in [1.807, 2.05) is 30.3 Å². The molecule has 26 heavy (non-hydrogen) atoms. The van der Waals surface area contributed by atoms with Gasteiger partial charge in [-0.05, 0) is 18.4 Å². The third kappa shape index (κ3) is 3.96. The van der Waals surface area contributed by atoms with Crippen LogP contribution in [0.2, 0.25) is 0 Å². The smallest absolute Gasteiger partial charge is 0.436 e. The lowest BCUT2D eigenvalue weighted by Gasteiger charge is -2.30. The van der Waals surface area contributed by atoms with E-state index in [1.165, 1.54) is 7.11 Å². The van der Waals surface area contributed by atoms with E-state index in [1.54, 1.807) is 11.0 Å². The van der Waals surface area contributed by atoms with Crippen molar-refractivity contribution in [2.75, 3.05) is 25.9 Å². The fourth-order valence-corrected chi connectivity index (χ4v) is 3.02. The molecule has 1 amide bonds. The summed E-state index contributed by atoms with van der Waals surface area (Å²) < 4.78 is 11.1. The predicted octanol–water partition coefficient (Wildman–Crippen LogP) is 2.60. The zero-order valence-corrected chi connectivity index (χ0v) is 14.6. The molecule has 1 aliphatic rings. The van der Waals surface area contributed by atoms with Gasteiger partial charge in [0.2, 0.25) is 0 Å². The van der Waals surface area contributed by atoms with Crippen LogP contribution in [0.25, 0.3) is 0 Å². The van der Waals surface area contributed by atoms with Crippen LogP contribution >= 0.6 is 0 Å². The number of methoxy groups -OCH3 is 1. The van der Waals surface area contributed by atoms with Crippen molar-refractivity contribution in [2.45, 2.75) is 25.4 Å². The van der Waals surface area contributed by atoms with E-state index >= 15 is 0 Å². The summed E-state index contributed by atoms with van der Waals surface area (Å²) in [6, 6.07) is 11.3. The van der Waals surface area contributed by atoms with Crippen molar-refractivity contribution >= 4 is 18.0 Å². The fourth-order valence-electron chi connectivity index (χ4n) is 3.02. The van der Waals surface area contributed by atoms with Gasteiger partial charge in [-0.1, -0.05) is 30.3 Å². The Morgan fingerprint density at radius 2 is 1.88 bits per heavy atom. The number of likely N-dealkylation sites (tertiary alicyclic amines) is 1. The number of ether oxygens (including phenoxy) is 2. The first-order valence-electron chi connectivity index (χ1n) is 8.48. The monoisotopic (exact) mass is 358 g/mol. The molecule has 0 bridgehead atoms. The van der Waals surface area contributed by atoms with Crippen molar-refractivity contribution in [1.82, 2.24) is 14.7 Å². The SMILES string of the molecule is COC(=O)n1nc(C2CCN(C(=O)OCc3ccccc3)CC2)cc1N. The first-order valence-corrected chi connectivity index (χ1v) is 8.48. The van der Waals surface area contributed by atoms with Gasteiger partial charge in [-0.25, -0.2) is 9.59 Å². The van der Waals surface area contributed by atoms with E-state index in [4.69, 9.17) is 10.5 Å². The van der Waals surface area contributed by atoms with Gasteiger partial charge in [-0.2, -0.15) is 5.10 Å². The summed E-state index contributed by atoms with van der Waals surface area (Å²) in [4.78, 5) is 25.5. The molecule has 2 heterocycles. The standard InChI is InChI=1S/C18H22N4O4/c1-25-18(24)22-16(19)11-15(20-22)14-7-9-21(10-8-14)17(23)26-12-13-5-3-2-4-6-13/h2-6,11,14H,7-10,12,19H2,1H3. The summed E-state index contributed by atoms with van der Waals surface area (Å²) in [7, 11) is 1.28. The number of hydrogen-bond acceptors (Lipinski definition) is 6. The summed E-state index contributed by atoms with van der Waals surface area (Å²) in [6.07, 6.45) is 0.540. The van der Waals surface area contributed by atoms with Crippen LogP contribution in [0.3, 0.4) is 0 Å². The van der Waals surface area contributed by atoms with Crippen LogP contribution in [0.4, 0.5) is 15.4 Å². The topological polar surface area (TPSA) is 99.7 Å².